The molecule has 64 valence electrons. The van der Waals surface area contributed by atoms with Gasteiger partial charge in [-0.05, 0) is 6.92 Å². The van der Waals surface area contributed by atoms with E-state index in [1.165, 1.54) is 13.0 Å². The van der Waals surface area contributed by atoms with Gasteiger partial charge in [0.05, 0.1) is 0 Å². The van der Waals surface area contributed by atoms with E-state index >= 15 is 0 Å². The van der Waals surface area contributed by atoms with Crippen molar-refractivity contribution in [2.45, 2.75) is 6.92 Å². The van der Waals surface area contributed by atoms with Crippen LogP contribution in [-0.2, 0) is 14.4 Å². The average molecular weight is 169 g/mol. The lowest BCUT2D eigenvalue weighted by molar-refractivity contribution is -0.121. The van der Waals surface area contributed by atoms with Gasteiger partial charge in [0.2, 0.25) is 5.71 Å². The molecule has 0 unspecified atom stereocenters. The van der Waals surface area contributed by atoms with E-state index in [2.05, 4.69) is 9.99 Å². The van der Waals surface area contributed by atoms with E-state index in [4.69, 9.17) is 11.0 Å². The SMILES string of the molecule is CC(=O)CON=C(C#N)C(N)=O. The number of nitrogens with zero attached hydrogens (tertiary/aromatic N) is 2. The quantitative estimate of drug-likeness (QED) is 0.428. The Labute approximate surface area is 68.6 Å². The predicted molar refractivity (Wildman–Crippen MR) is 38.9 cm³/mol. The highest BCUT2D eigenvalue weighted by Crippen LogP contribution is 1.81. The average Bonchev–Trinajstić information content (AvgIpc) is 1.96. The van der Waals surface area contributed by atoms with Crippen molar-refractivity contribution in [2.75, 3.05) is 6.61 Å². The number of rotatable bonds is 4. The molecule has 0 heterocycles. The summed E-state index contributed by atoms with van der Waals surface area (Å²) in [6.07, 6.45) is 0. The molecule has 0 bridgehead atoms. The minimum Gasteiger partial charge on any atom is -0.387 e. The van der Waals surface area contributed by atoms with Crippen LogP contribution in [0, 0.1) is 11.3 Å². The van der Waals surface area contributed by atoms with Crippen molar-refractivity contribution >= 4 is 17.4 Å². The molecular formula is C6H7N3O3. The fraction of sp³-hybridized carbons (Fsp3) is 0.333. The molecule has 0 rings (SSSR count). The molecule has 0 radical (unpaired) electrons. The van der Waals surface area contributed by atoms with E-state index in [-0.39, 0.29) is 12.4 Å². The van der Waals surface area contributed by atoms with Crippen LogP contribution in [0.25, 0.3) is 0 Å². The van der Waals surface area contributed by atoms with E-state index in [1.807, 2.05) is 0 Å². The first-order valence-electron chi connectivity index (χ1n) is 2.97. The molecule has 0 aliphatic carbocycles. The van der Waals surface area contributed by atoms with E-state index < -0.39 is 11.6 Å². The van der Waals surface area contributed by atoms with Crippen molar-refractivity contribution in [3.05, 3.63) is 0 Å². The van der Waals surface area contributed by atoms with Crippen molar-refractivity contribution in [1.29, 1.82) is 5.26 Å². The van der Waals surface area contributed by atoms with Gasteiger partial charge in [0.1, 0.15) is 6.07 Å². The Morgan fingerprint density at radius 1 is 1.67 bits per heavy atom. The Kier molecular flexibility index (Phi) is 4.08. The molecule has 0 atom stereocenters. The van der Waals surface area contributed by atoms with E-state index in [1.54, 1.807) is 0 Å². The van der Waals surface area contributed by atoms with Crippen LogP contribution in [0.4, 0.5) is 0 Å². The summed E-state index contributed by atoms with van der Waals surface area (Å²) < 4.78 is 0. The van der Waals surface area contributed by atoms with Crippen molar-refractivity contribution in [3.8, 4) is 6.07 Å². The van der Waals surface area contributed by atoms with Gasteiger partial charge in [-0.3, -0.25) is 9.59 Å². The molecule has 1 amide bonds. The molecule has 0 saturated carbocycles. The molecule has 2 N–H and O–H groups in total. The number of ketones is 1. The first kappa shape index (κ1) is 10.1. The molecule has 0 aromatic rings. The molecule has 12 heavy (non-hydrogen) atoms. The van der Waals surface area contributed by atoms with Gasteiger partial charge >= 0.3 is 0 Å². The highest BCUT2D eigenvalue weighted by Gasteiger charge is 2.05. The van der Waals surface area contributed by atoms with Crippen LogP contribution in [0.1, 0.15) is 6.92 Å². The first-order chi connectivity index (χ1) is 5.57. The number of Topliss-reactive ketones (excluding diaryl/α,β-unsaturated/α-hetero) is 1. The number of primary amides is 1. The maximum absolute atomic E-state index is 10.3. The fourth-order valence-electron chi connectivity index (χ4n) is 0.308. The Bertz CT molecular complexity index is 264. The first-order valence-corrected chi connectivity index (χ1v) is 2.97. The molecule has 6 nitrogen and oxygen atoms in total. The number of oxime groups is 1. The number of nitriles is 1. The third-order valence-corrected chi connectivity index (χ3v) is 0.763. The monoisotopic (exact) mass is 169 g/mol. The van der Waals surface area contributed by atoms with Crippen molar-refractivity contribution in [2.24, 2.45) is 10.9 Å². The Hall–Kier alpha value is -1.90. The van der Waals surface area contributed by atoms with Gasteiger partial charge in [0.15, 0.2) is 12.4 Å². The second kappa shape index (κ2) is 4.85. The van der Waals surface area contributed by atoms with Crippen LogP contribution in [-0.4, -0.2) is 24.0 Å². The zero-order valence-corrected chi connectivity index (χ0v) is 6.40. The zero-order valence-electron chi connectivity index (χ0n) is 6.40. The number of amides is 1. The molecule has 6 heteroatoms. The van der Waals surface area contributed by atoms with Crippen molar-refractivity contribution in [1.82, 2.24) is 0 Å². The van der Waals surface area contributed by atoms with Crippen LogP contribution < -0.4 is 5.73 Å². The smallest absolute Gasteiger partial charge is 0.281 e. The maximum Gasteiger partial charge on any atom is 0.281 e. The largest absolute Gasteiger partial charge is 0.387 e. The summed E-state index contributed by atoms with van der Waals surface area (Å²) in [6, 6.07) is 1.41. The molecule has 0 fully saturated rings. The van der Waals surface area contributed by atoms with Crippen LogP contribution in [0.2, 0.25) is 0 Å². The topological polar surface area (TPSA) is 106 Å². The van der Waals surface area contributed by atoms with Gasteiger partial charge in [-0.15, -0.1) is 0 Å². The standard InChI is InChI=1S/C6H7N3O3/c1-4(10)3-12-9-5(2-7)6(8)11/h3H2,1H3,(H2,8,11). The summed E-state index contributed by atoms with van der Waals surface area (Å²) in [5.41, 5.74) is 4.15. The molecule has 0 spiro atoms. The number of nitrogens with two attached hydrogens (primary N) is 1. The molecule has 0 saturated heterocycles. The number of carbonyl (C=O) groups excluding carboxylic acids is 2. The number of hydrogen-bond acceptors (Lipinski definition) is 5. The molecule has 0 aliphatic rings. The van der Waals surface area contributed by atoms with Crippen LogP contribution in [0.5, 0.6) is 0 Å². The van der Waals surface area contributed by atoms with E-state index in [9.17, 15) is 9.59 Å². The van der Waals surface area contributed by atoms with Crippen molar-refractivity contribution in [3.63, 3.8) is 0 Å². The van der Waals surface area contributed by atoms with Gasteiger partial charge in [-0.2, -0.15) is 5.26 Å². The summed E-state index contributed by atoms with van der Waals surface area (Å²) in [5.74, 6) is -1.25. The minimum absolute atomic E-state index is 0.263. The highest BCUT2D eigenvalue weighted by molar-refractivity contribution is 6.44. The Morgan fingerprint density at radius 3 is 2.58 bits per heavy atom. The summed E-state index contributed by atoms with van der Waals surface area (Å²) in [4.78, 5) is 24.9. The summed E-state index contributed by atoms with van der Waals surface area (Å²) in [7, 11) is 0. The predicted octanol–water partition coefficient (Wildman–Crippen LogP) is -1.04. The summed E-state index contributed by atoms with van der Waals surface area (Å²) in [6.45, 7) is 1.00. The maximum atomic E-state index is 10.3. The lowest BCUT2D eigenvalue weighted by Gasteiger charge is -1.93. The lowest BCUT2D eigenvalue weighted by atomic mass is 10.4. The van der Waals surface area contributed by atoms with Gasteiger partial charge in [-0.1, -0.05) is 5.16 Å². The Morgan fingerprint density at radius 2 is 2.25 bits per heavy atom. The normalized spacial score (nSPS) is 10.2. The molecule has 0 aromatic heterocycles. The molecular weight excluding hydrogens is 162 g/mol. The summed E-state index contributed by atoms with van der Waals surface area (Å²) >= 11 is 0. The van der Waals surface area contributed by atoms with Gasteiger partial charge in [-0.25, -0.2) is 0 Å². The van der Waals surface area contributed by atoms with Crippen LogP contribution in [0.15, 0.2) is 5.16 Å². The second-order valence-corrected chi connectivity index (χ2v) is 1.89. The Balaban J connectivity index is 4.07. The summed E-state index contributed by atoms with van der Waals surface area (Å²) in [5, 5.41) is 11.3. The van der Waals surface area contributed by atoms with Gasteiger partial charge < -0.3 is 10.6 Å². The van der Waals surface area contributed by atoms with Crippen molar-refractivity contribution < 1.29 is 14.4 Å². The second-order valence-electron chi connectivity index (χ2n) is 1.89. The molecule has 0 aromatic carbocycles. The molecule has 0 aliphatic heterocycles. The zero-order chi connectivity index (χ0) is 9.56. The highest BCUT2D eigenvalue weighted by atomic mass is 16.6. The number of hydrogen-bond donors (Lipinski definition) is 1. The fourth-order valence-corrected chi connectivity index (χ4v) is 0.308. The minimum atomic E-state index is -0.985. The van der Waals surface area contributed by atoms with Crippen LogP contribution in [0.3, 0.4) is 0 Å². The van der Waals surface area contributed by atoms with Gasteiger partial charge in [0, 0.05) is 0 Å². The number of carbonyl (C=O) groups is 2. The van der Waals surface area contributed by atoms with E-state index in [0.29, 0.717) is 0 Å². The third kappa shape index (κ3) is 4.00. The van der Waals surface area contributed by atoms with Gasteiger partial charge in [0.25, 0.3) is 5.91 Å². The lowest BCUT2D eigenvalue weighted by Crippen LogP contribution is -2.22. The van der Waals surface area contributed by atoms with Crippen LogP contribution >= 0.6 is 0 Å². The van der Waals surface area contributed by atoms with E-state index in [0.717, 1.165) is 0 Å². The third-order valence-electron chi connectivity index (χ3n) is 0.763.